The van der Waals surface area contributed by atoms with Gasteiger partial charge in [-0.25, -0.2) is 13.2 Å². The van der Waals surface area contributed by atoms with Gasteiger partial charge in [-0.15, -0.1) is 0 Å². The van der Waals surface area contributed by atoms with Crippen LogP contribution in [0.4, 0.5) is 10.5 Å². The van der Waals surface area contributed by atoms with Gasteiger partial charge in [-0.05, 0) is 12.1 Å². The molecule has 0 N–H and O–H groups in total. The third-order valence-corrected chi connectivity index (χ3v) is 2.83. The zero-order valence-electron chi connectivity index (χ0n) is 9.94. The van der Waals surface area contributed by atoms with Crippen LogP contribution < -0.4 is 4.74 Å². The maximum Gasteiger partial charge on any atom is 0.513 e. The van der Waals surface area contributed by atoms with Gasteiger partial charge in [0.25, 0.3) is 5.69 Å². The van der Waals surface area contributed by atoms with Crippen LogP contribution in [0.1, 0.15) is 0 Å². The van der Waals surface area contributed by atoms with E-state index in [-0.39, 0.29) is 23.8 Å². The van der Waals surface area contributed by atoms with Crippen LogP contribution in [0.25, 0.3) is 0 Å². The Hall–Kier alpha value is -2.16. The quantitative estimate of drug-likeness (QED) is 0.346. The zero-order chi connectivity index (χ0) is 14.5. The Morgan fingerprint density at radius 3 is 2.37 bits per heavy atom. The molecule has 0 unspecified atom stereocenters. The van der Waals surface area contributed by atoms with Crippen LogP contribution in [-0.4, -0.2) is 38.1 Å². The smallest absolute Gasteiger partial charge is 0.433 e. The molecule has 0 aromatic heterocycles. The Balaban J connectivity index is 2.46. The number of carbonyl (C=O) groups excluding carboxylic acids is 1. The lowest BCUT2D eigenvalue weighted by molar-refractivity contribution is -0.384. The van der Waals surface area contributed by atoms with E-state index in [0.29, 0.717) is 0 Å². The molecule has 0 radical (unpaired) electrons. The topological polar surface area (TPSA) is 113 Å². The molecular formula is C10H11NO7S. The van der Waals surface area contributed by atoms with Gasteiger partial charge in [0.1, 0.15) is 12.4 Å². The number of nitrogens with zero attached hydrogens (tertiary/aromatic N) is 1. The molecule has 8 nitrogen and oxygen atoms in total. The highest BCUT2D eigenvalue weighted by molar-refractivity contribution is 7.90. The molecule has 0 bridgehead atoms. The third kappa shape index (κ3) is 5.82. The standard InChI is InChI=1S/C10H11NO7S/c1-19(15,16)7-6-17-10(12)18-9-4-2-8(3-5-9)11(13)14/h2-5H,6-7H2,1H3. The first-order chi connectivity index (χ1) is 8.78. The van der Waals surface area contributed by atoms with E-state index in [0.717, 1.165) is 6.26 Å². The summed E-state index contributed by atoms with van der Waals surface area (Å²) in [4.78, 5) is 20.9. The average molecular weight is 289 g/mol. The second-order valence-corrected chi connectivity index (χ2v) is 5.84. The molecule has 0 aliphatic carbocycles. The lowest BCUT2D eigenvalue weighted by Gasteiger charge is -2.04. The number of nitro groups is 1. The van der Waals surface area contributed by atoms with Crippen LogP contribution in [0, 0.1) is 10.1 Å². The number of benzene rings is 1. The summed E-state index contributed by atoms with van der Waals surface area (Å²) in [6.45, 7) is -0.315. The van der Waals surface area contributed by atoms with E-state index in [1.165, 1.54) is 24.3 Å². The Kier molecular flexibility index (Phi) is 4.81. The van der Waals surface area contributed by atoms with Crippen molar-refractivity contribution in [2.45, 2.75) is 0 Å². The first-order valence-electron chi connectivity index (χ1n) is 5.05. The molecule has 0 spiro atoms. The summed E-state index contributed by atoms with van der Waals surface area (Å²) >= 11 is 0. The lowest BCUT2D eigenvalue weighted by Crippen LogP contribution is -2.16. The highest BCUT2D eigenvalue weighted by Gasteiger charge is 2.10. The number of ether oxygens (including phenoxy) is 2. The summed E-state index contributed by atoms with van der Waals surface area (Å²) in [6.07, 6.45) is -0.0598. The number of carbonyl (C=O) groups is 1. The molecule has 0 saturated heterocycles. The number of hydrogen-bond acceptors (Lipinski definition) is 7. The summed E-state index contributed by atoms with van der Waals surface area (Å²) < 4.78 is 30.8. The van der Waals surface area contributed by atoms with Gasteiger partial charge < -0.3 is 9.47 Å². The highest BCUT2D eigenvalue weighted by Crippen LogP contribution is 2.17. The molecule has 1 aromatic rings. The molecule has 1 aromatic carbocycles. The van der Waals surface area contributed by atoms with Crippen molar-refractivity contribution in [2.24, 2.45) is 0 Å². The maximum atomic E-state index is 11.1. The fourth-order valence-electron chi connectivity index (χ4n) is 1.04. The van der Waals surface area contributed by atoms with Crippen molar-refractivity contribution in [2.75, 3.05) is 18.6 Å². The van der Waals surface area contributed by atoms with Crippen LogP contribution in [0.5, 0.6) is 5.75 Å². The maximum absolute atomic E-state index is 11.1. The summed E-state index contributed by atoms with van der Waals surface area (Å²) in [5.41, 5.74) is -0.141. The Morgan fingerprint density at radius 2 is 1.89 bits per heavy atom. The first-order valence-corrected chi connectivity index (χ1v) is 7.11. The molecule has 19 heavy (non-hydrogen) atoms. The van der Waals surface area contributed by atoms with Gasteiger partial charge in [-0.3, -0.25) is 10.1 Å². The van der Waals surface area contributed by atoms with E-state index in [9.17, 15) is 23.3 Å². The van der Waals surface area contributed by atoms with Gasteiger partial charge in [-0.1, -0.05) is 0 Å². The van der Waals surface area contributed by atoms with E-state index < -0.39 is 20.9 Å². The minimum absolute atomic E-state index is 0.0648. The predicted molar refractivity (Wildman–Crippen MR) is 64.8 cm³/mol. The molecule has 0 amide bonds. The molecule has 0 atom stereocenters. The first kappa shape index (κ1) is 14.9. The second kappa shape index (κ2) is 6.14. The number of nitro benzene ring substituents is 1. The largest absolute Gasteiger partial charge is 0.513 e. The summed E-state index contributed by atoms with van der Waals surface area (Å²) in [7, 11) is -3.22. The van der Waals surface area contributed by atoms with Gasteiger partial charge >= 0.3 is 6.16 Å². The van der Waals surface area contributed by atoms with Gasteiger partial charge in [0.05, 0.1) is 10.7 Å². The van der Waals surface area contributed by atoms with E-state index in [1.54, 1.807) is 0 Å². The molecule has 0 aliphatic rings. The number of rotatable bonds is 5. The molecule has 9 heteroatoms. The fourth-order valence-corrected chi connectivity index (χ4v) is 1.42. The average Bonchev–Trinajstić information content (AvgIpc) is 2.27. The van der Waals surface area contributed by atoms with E-state index in [1.807, 2.05) is 0 Å². The summed E-state index contributed by atoms with van der Waals surface area (Å²) in [5, 5.41) is 10.4. The predicted octanol–water partition coefficient (Wildman–Crippen LogP) is 1.15. The molecule has 0 heterocycles. The third-order valence-electron chi connectivity index (χ3n) is 1.92. The number of non-ortho nitro benzene ring substituents is 1. The van der Waals surface area contributed by atoms with Gasteiger partial charge in [0.15, 0.2) is 9.84 Å². The fraction of sp³-hybridized carbons (Fsp3) is 0.300. The van der Waals surface area contributed by atoms with Crippen LogP contribution in [-0.2, 0) is 14.6 Å². The van der Waals surface area contributed by atoms with Gasteiger partial charge in [-0.2, -0.15) is 0 Å². The van der Waals surface area contributed by atoms with Crippen molar-refractivity contribution in [3.63, 3.8) is 0 Å². The molecule has 104 valence electrons. The van der Waals surface area contributed by atoms with Gasteiger partial charge in [0, 0.05) is 18.4 Å². The minimum atomic E-state index is -3.22. The van der Waals surface area contributed by atoms with Crippen molar-refractivity contribution >= 4 is 21.7 Å². The van der Waals surface area contributed by atoms with Crippen molar-refractivity contribution in [1.29, 1.82) is 0 Å². The monoisotopic (exact) mass is 289 g/mol. The molecular weight excluding hydrogens is 278 g/mol. The molecule has 0 aliphatic heterocycles. The number of sulfone groups is 1. The Bertz CT molecular complexity index is 564. The normalized spacial score (nSPS) is 10.8. The summed E-state index contributed by atoms with van der Waals surface area (Å²) in [6, 6.07) is 4.80. The van der Waals surface area contributed by atoms with Crippen molar-refractivity contribution < 1.29 is 27.6 Å². The van der Waals surface area contributed by atoms with Gasteiger partial charge in [0.2, 0.25) is 0 Å². The van der Waals surface area contributed by atoms with Crippen molar-refractivity contribution in [3.8, 4) is 5.75 Å². The van der Waals surface area contributed by atoms with Crippen LogP contribution in [0.2, 0.25) is 0 Å². The minimum Gasteiger partial charge on any atom is -0.433 e. The van der Waals surface area contributed by atoms with E-state index in [4.69, 9.17) is 0 Å². The van der Waals surface area contributed by atoms with E-state index in [2.05, 4.69) is 9.47 Å². The Labute approximate surface area is 109 Å². The highest BCUT2D eigenvalue weighted by atomic mass is 32.2. The lowest BCUT2D eigenvalue weighted by atomic mass is 10.3. The molecule has 0 fully saturated rings. The molecule has 0 saturated carbocycles. The number of hydrogen-bond donors (Lipinski definition) is 0. The van der Waals surface area contributed by atoms with Crippen LogP contribution in [0.3, 0.4) is 0 Å². The second-order valence-electron chi connectivity index (χ2n) is 3.58. The van der Waals surface area contributed by atoms with Crippen LogP contribution >= 0.6 is 0 Å². The molecule has 1 rings (SSSR count). The Morgan fingerprint density at radius 1 is 1.32 bits per heavy atom. The zero-order valence-corrected chi connectivity index (χ0v) is 10.8. The van der Waals surface area contributed by atoms with Crippen molar-refractivity contribution in [3.05, 3.63) is 34.4 Å². The van der Waals surface area contributed by atoms with Crippen LogP contribution in [0.15, 0.2) is 24.3 Å². The summed E-state index contributed by atoms with van der Waals surface area (Å²) in [5.74, 6) is -0.238. The van der Waals surface area contributed by atoms with E-state index >= 15 is 0 Å². The SMILES string of the molecule is CS(=O)(=O)CCOC(=O)Oc1ccc([N+](=O)[O-])cc1. The van der Waals surface area contributed by atoms with Crippen molar-refractivity contribution in [1.82, 2.24) is 0 Å².